The summed E-state index contributed by atoms with van der Waals surface area (Å²) in [6.45, 7) is 7.66. The van der Waals surface area contributed by atoms with Crippen LogP contribution in [0.4, 0.5) is 4.79 Å². The monoisotopic (exact) mass is 434 g/mol. The van der Waals surface area contributed by atoms with Gasteiger partial charge in [-0.3, -0.25) is 4.90 Å². The molecule has 2 aromatic rings. The number of methoxy groups -OCH3 is 1. The van der Waals surface area contributed by atoms with Crippen LogP contribution in [0.5, 0.6) is 5.75 Å². The number of nitrogens with one attached hydrogen (secondary N) is 1. The second kappa shape index (κ2) is 8.43. The van der Waals surface area contributed by atoms with Crippen molar-refractivity contribution in [3.05, 3.63) is 53.6 Å². The zero-order valence-electron chi connectivity index (χ0n) is 19.4. The van der Waals surface area contributed by atoms with Gasteiger partial charge in [-0.25, -0.2) is 4.79 Å². The van der Waals surface area contributed by atoms with Gasteiger partial charge >= 0.3 is 6.09 Å². The first kappa shape index (κ1) is 21.3. The maximum absolute atomic E-state index is 12.9. The van der Waals surface area contributed by atoms with Gasteiger partial charge in [0.2, 0.25) is 0 Å². The van der Waals surface area contributed by atoms with Crippen LogP contribution >= 0.6 is 0 Å². The molecule has 0 radical (unpaired) electrons. The molecule has 6 rings (SSSR count). The van der Waals surface area contributed by atoms with E-state index in [1.807, 2.05) is 12.1 Å². The first-order valence-corrected chi connectivity index (χ1v) is 11.9. The van der Waals surface area contributed by atoms with Gasteiger partial charge in [0.1, 0.15) is 11.9 Å². The van der Waals surface area contributed by atoms with E-state index in [2.05, 4.69) is 54.4 Å². The molecule has 170 valence electrons. The van der Waals surface area contributed by atoms with Crippen molar-refractivity contribution in [3.8, 4) is 16.9 Å². The summed E-state index contributed by atoms with van der Waals surface area (Å²) in [5.74, 6) is 1.38. The number of rotatable bonds is 4. The minimum Gasteiger partial charge on any atom is -0.497 e. The highest BCUT2D eigenvalue weighted by atomic mass is 16.6. The van der Waals surface area contributed by atoms with Crippen molar-refractivity contribution in [2.75, 3.05) is 26.7 Å². The summed E-state index contributed by atoms with van der Waals surface area (Å²) in [6.07, 6.45) is 4.08. The number of hydrogen-bond acceptors (Lipinski definition) is 4. The van der Waals surface area contributed by atoms with Crippen molar-refractivity contribution in [1.29, 1.82) is 0 Å². The number of benzene rings is 2. The third-order valence-electron chi connectivity index (χ3n) is 7.81. The van der Waals surface area contributed by atoms with Crippen molar-refractivity contribution >= 4 is 6.09 Å². The van der Waals surface area contributed by atoms with Crippen molar-refractivity contribution < 1.29 is 14.3 Å². The number of ether oxygens (including phenoxy) is 2. The largest absolute Gasteiger partial charge is 0.497 e. The molecule has 4 aliphatic rings. The van der Waals surface area contributed by atoms with Crippen LogP contribution in [0.1, 0.15) is 50.3 Å². The minimum absolute atomic E-state index is 0.0251. The lowest BCUT2D eigenvalue weighted by molar-refractivity contribution is -0.0353. The van der Waals surface area contributed by atoms with Gasteiger partial charge in [0.05, 0.1) is 13.2 Å². The molecule has 3 fully saturated rings. The number of carbonyl (C=O) groups excluding carboxylic acids is 1. The molecule has 32 heavy (non-hydrogen) atoms. The number of amides is 1. The van der Waals surface area contributed by atoms with Gasteiger partial charge in [0.15, 0.2) is 0 Å². The summed E-state index contributed by atoms with van der Waals surface area (Å²) in [5.41, 5.74) is 4.86. The summed E-state index contributed by atoms with van der Waals surface area (Å²) in [5, 5.41) is 3.25. The molecule has 3 heterocycles. The second-order valence-corrected chi connectivity index (χ2v) is 10.3. The summed E-state index contributed by atoms with van der Waals surface area (Å²) in [4.78, 5) is 15.4. The summed E-state index contributed by atoms with van der Waals surface area (Å²) in [7, 11) is 1.68. The standard InChI is InChI=1S/C27H34N2O3/c1-27(2)13-10-21-16-20(18-4-7-22(31-3)8-5-18)6-9-23(21)25(27)28-26(30)32-24-17-29-14-11-19(24)12-15-29/h4-9,16,19,24-25H,10-15,17H2,1-3H3,(H,28,30)/t24-,25?/m0/s1. The highest BCUT2D eigenvalue weighted by molar-refractivity contribution is 5.70. The first-order chi connectivity index (χ1) is 15.4. The number of fused-ring (bicyclic) bond motifs is 4. The Bertz CT molecular complexity index is 977. The van der Waals surface area contributed by atoms with E-state index >= 15 is 0 Å². The third kappa shape index (κ3) is 4.11. The SMILES string of the molecule is COc1ccc(-c2ccc3c(c2)CCC(C)(C)C3NC(=O)O[C@H]2CN3CCC2CC3)cc1. The molecule has 3 aliphatic heterocycles. The topological polar surface area (TPSA) is 50.8 Å². The van der Waals surface area contributed by atoms with E-state index in [-0.39, 0.29) is 23.7 Å². The summed E-state index contributed by atoms with van der Waals surface area (Å²) >= 11 is 0. The van der Waals surface area contributed by atoms with E-state index in [1.165, 1.54) is 22.3 Å². The number of hydrogen-bond donors (Lipinski definition) is 1. The Morgan fingerprint density at radius 3 is 2.44 bits per heavy atom. The number of carbonyl (C=O) groups is 1. The summed E-state index contributed by atoms with van der Waals surface area (Å²) < 4.78 is 11.2. The molecular formula is C27H34N2O3. The number of nitrogens with zero attached hydrogens (tertiary/aromatic N) is 1. The fraction of sp³-hybridized carbons (Fsp3) is 0.519. The van der Waals surface area contributed by atoms with Crippen LogP contribution in [0.15, 0.2) is 42.5 Å². The van der Waals surface area contributed by atoms with Crippen LogP contribution < -0.4 is 10.1 Å². The summed E-state index contributed by atoms with van der Waals surface area (Å²) in [6, 6.07) is 14.7. The highest BCUT2D eigenvalue weighted by Crippen LogP contribution is 2.44. The molecular weight excluding hydrogens is 400 g/mol. The molecule has 1 aliphatic carbocycles. The van der Waals surface area contributed by atoms with Gasteiger partial charge < -0.3 is 14.8 Å². The number of aryl methyl sites for hydroxylation is 1. The van der Waals surface area contributed by atoms with Gasteiger partial charge in [-0.1, -0.05) is 44.2 Å². The third-order valence-corrected chi connectivity index (χ3v) is 7.81. The molecule has 0 spiro atoms. The average molecular weight is 435 g/mol. The molecule has 5 nitrogen and oxygen atoms in total. The number of alkyl carbamates (subject to hydrolysis) is 1. The zero-order valence-corrected chi connectivity index (χ0v) is 19.4. The molecule has 0 saturated carbocycles. The maximum atomic E-state index is 12.9. The van der Waals surface area contributed by atoms with E-state index in [1.54, 1.807) is 7.11 Å². The normalized spacial score (nSPS) is 28.0. The van der Waals surface area contributed by atoms with Crippen LogP contribution in [-0.4, -0.2) is 43.8 Å². The fourth-order valence-corrected chi connectivity index (χ4v) is 5.70. The lowest BCUT2D eigenvalue weighted by atomic mass is 9.70. The Kier molecular flexibility index (Phi) is 5.62. The Balaban J connectivity index is 1.34. The van der Waals surface area contributed by atoms with Gasteiger partial charge in [0, 0.05) is 6.54 Å². The first-order valence-electron chi connectivity index (χ1n) is 11.9. The van der Waals surface area contributed by atoms with Crippen molar-refractivity contribution in [2.45, 2.75) is 51.7 Å². The minimum atomic E-state index is -0.270. The van der Waals surface area contributed by atoms with Crippen LogP contribution in [0.25, 0.3) is 11.1 Å². The van der Waals surface area contributed by atoms with Crippen LogP contribution in [0, 0.1) is 11.3 Å². The van der Waals surface area contributed by atoms with E-state index in [4.69, 9.17) is 9.47 Å². The van der Waals surface area contributed by atoms with Crippen LogP contribution in [0.2, 0.25) is 0 Å². The van der Waals surface area contributed by atoms with Crippen LogP contribution in [0.3, 0.4) is 0 Å². The molecule has 2 bridgehead atoms. The zero-order chi connectivity index (χ0) is 22.3. The van der Waals surface area contributed by atoms with E-state index < -0.39 is 0 Å². The molecule has 1 amide bonds. The molecule has 2 atom stereocenters. The molecule has 0 aromatic heterocycles. The lowest BCUT2D eigenvalue weighted by Gasteiger charge is -2.44. The number of piperidine rings is 3. The molecule has 3 saturated heterocycles. The Labute approximate surface area is 191 Å². The highest BCUT2D eigenvalue weighted by Gasteiger charge is 2.40. The van der Waals surface area contributed by atoms with Gasteiger partial charge in [-0.15, -0.1) is 0 Å². The van der Waals surface area contributed by atoms with Crippen molar-refractivity contribution in [3.63, 3.8) is 0 Å². The van der Waals surface area contributed by atoms with Crippen molar-refractivity contribution in [1.82, 2.24) is 10.2 Å². The van der Waals surface area contributed by atoms with Gasteiger partial charge in [-0.05, 0) is 84.5 Å². The molecule has 5 heteroatoms. The van der Waals surface area contributed by atoms with E-state index in [9.17, 15) is 4.79 Å². The molecule has 1 N–H and O–H groups in total. The van der Waals surface area contributed by atoms with Crippen LogP contribution in [-0.2, 0) is 11.2 Å². The smallest absolute Gasteiger partial charge is 0.407 e. The average Bonchev–Trinajstić information content (AvgIpc) is 2.81. The fourth-order valence-electron chi connectivity index (χ4n) is 5.70. The second-order valence-electron chi connectivity index (χ2n) is 10.3. The quantitative estimate of drug-likeness (QED) is 0.719. The van der Waals surface area contributed by atoms with E-state index in [0.717, 1.165) is 51.1 Å². The molecule has 1 unspecified atom stereocenters. The maximum Gasteiger partial charge on any atom is 0.407 e. The van der Waals surface area contributed by atoms with Gasteiger partial charge in [-0.2, -0.15) is 0 Å². The Morgan fingerprint density at radius 2 is 1.78 bits per heavy atom. The molecule has 2 aromatic carbocycles. The predicted molar refractivity (Wildman–Crippen MR) is 126 cm³/mol. The van der Waals surface area contributed by atoms with Crippen molar-refractivity contribution in [2.24, 2.45) is 11.3 Å². The van der Waals surface area contributed by atoms with Gasteiger partial charge in [0.25, 0.3) is 0 Å². The lowest BCUT2D eigenvalue weighted by Crippen LogP contribution is -2.53. The van der Waals surface area contributed by atoms with E-state index in [0.29, 0.717) is 5.92 Å². The predicted octanol–water partition coefficient (Wildman–Crippen LogP) is 5.20. The Morgan fingerprint density at radius 1 is 1.06 bits per heavy atom. The Hall–Kier alpha value is -2.53.